The predicted molar refractivity (Wildman–Crippen MR) is 76.3 cm³/mol. The van der Waals surface area contributed by atoms with E-state index in [1.165, 1.54) is 11.3 Å². The topological polar surface area (TPSA) is 86.9 Å². The van der Waals surface area contributed by atoms with Crippen LogP contribution in [0.5, 0.6) is 0 Å². The second-order valence-corrected chi connectivity index (χ2v) is 6.13. The SMILES string of the molecule is CC(C)n1cc2c(n1)CCc1c-2sc(N)c1C(N)=O. The molecule has 19 heavy (non-hydrogen) atoms. The van der Waals surface area contributed by atoms with E-state index < -0.39 is 5.91 Å². The van der Waals surface area contributed by atoms with Gasteiger partial charge in [0.2, 0.25) is 0 Å². The molecule has 1 amide bonds. The first-order valence-corrected chi connectivity index (χ1v) is 7.10. The average Bonchev–Trinajstić information content (AvgIpc) is 2.87. The third-order valence-electron chi connectivity index (χ3n) is 3.47. The van der Waals surface area contributed by atoms with E-state index in [1.807, 2.05) is 10.9 Å². The van der Waals surface area contributed by atoms with E-state index >= 15 is 0 Å². The second-order valence-electron chi connectivity index (χ2n) is 5.08. The summed E-state index contributed by atoms with van der Waals surface area (Å²) in [5.74, 6) is -0.435. The Morgan fingerprint density at radius 2 is 2.21 bits per heavy atom. The average molecular weight is 276 g/mol. The Kier molecular flexibility index (Phi) is 2.63. The molecule has 2 heterocycles. The van der Waals surface area contributed by atoms with Crippen LogP contribution >= 0.6 is 11.3 Å². The Morgan fingerprint density at radius 1 is 1.47 bits per heavy atom. The monoisotopic (exact) mass is 276 g/mol. The highest BCUT2D eigenvalue weighted by Crippen LogP contribution is 2.43. The third-order valence-corrected chi connectivity index (χ3v) is 4.57. The standard InChI is InChI=1S/C13H16N4OS/c1-6(2)17-5-8-9(16-17)4-3-7-10(12(14)18)13(15)19-11(7)8/h5-6H,3-4,15H2,1-2H3,(H2,14,18). The summed E-state index contributed by atoms with van der Waals surface area (Å²) in [4.78, 5) is 12.6. The van der Waals surface area contributed by atoms with Crippen molar-refractivity contribution in [3.63, 3.8) is 0 Å². The number of nitrogens with two attached hydrogens (primary N) is 2. The Labute approximate surface area is 115 Å². The third kappa shape index (κ3) is 1.74. The summed E-state index contributed by atoms with van der Waals surface area (Å²) in [5, 5.41) is 5.12. The van der Waals surface area contributed by atoms with E-state index in [4.69, 9.17) is 11.5 Å². The first kappa shape index (κ1) is 12.2. The molecule has 5 nitrogen and oxygen atoms in total. The fraction of sp³-hybridized carbons (Fsp3) is 0.385. The van der Waals surface area contributed by atoms with Crippen molar-refractivity contribution in [1.29, 1.82) is 0 Å². The van der Waals surface area contributed by atoms with E-state index in [0.29, 0.717) is 16.6 Å². The van der Waals surface area contributed by atoms with Gasteiger partial charge in [-0.25, -0.2) is 0 Å². The zero-order valence-electron chi connectivity index (χ0n) is 10.9. The molecule has 0 saturated heterocycles. The van der Waals surface area contributed by atoms with E-state index in [0.717, 1.165) is 34.5 Å². The van der Waals surface area contributed by atoms with E-state index in [9.17, 15) is 4.79 Å². The molecule has 2 aromatic heterocycles. The van der Waals surface area contributed by atoms with Gasteiger partial charge in [-0.15, -0.1) is 11.3 Å². The van der Waals surface area contributed by atoms with E-state index in [-0.39, 0.29) is 0 Å². The number of carbonyl (C=O) groups excluding carboxylic acids is 1. The Hall–Kier alpha value is -1.82. The minimum Gasteiger partial charge on any atom is -0.390 e. The van der Waals surface area contributed by atoms with Crippen molar-refractivity contribution in [2.45, 2.75) is 32.7 Å². The van der Waals surface area contributed by atoms with Crippen LogP contribution in [0.15, 0.2) is 6.20 Å². The highest BCUT2D eigenvalue weighted by atomic mass is 32.1. The zero-order valence-corrected chi connectivity index (χ0v) is 11.8. The number of primary amides is 1. The van der Waals surface area contributed by atoms with Crippen LogP contribution in [0.1, 0.15) is 41.5 Å². The molecule has 2 aromatic rings. The van der Waals surface area contributed by atoms with Gasteiger partial charge in [0.05, 0.1) is 16.3 Å². The first-order chi connectivity index (χ1) is 8.99. The number of anilines is 1. The molecule has 0 radical (unpaired) electrons. The quantitative estimate of drug-likeness (QED) is 0.879. The summed E-state index contributed by atoms with van der Waals surface area (Å²) in [5.41, 5.74) is 15.0. The lowest BCUT2D eigenvalue weighted by atomic mass is 9.94. The summed E-state index contributed by atoms with van der Waals surface area (Å²) < 4.78 is 1.96. The van der Waals surface area contributed by atoms with Crippen molar-refractivity contribution in [1.82, 2.24) is 9.78 Å². The van der Waals surface area contributed by atoms with Gasteiger partial charge in [-0.05, 0) is 32.3 Å². The van der Waals surface area contributed by atoms with E-state index in [1.54, 1.807) is 0 Å². The molecule has 0 bridgehead atoms. The molecule has 0 spiro atoms. The summed E-state index contributed by atoms with van der Waals surface area (Å²) >= 11 is 1.44. The van der Waals surface area contributed by atoms with Crippen LogP contribution in [0.4, 0.5) is 5.00 Å². The molecule has 100 valence electrons. The van der Waals surface area contributed by atoms with Gasteiger partial charge in [0, 0.05) is 22.7 Å². The van der Waals surface area contributed by atoms with Gasteiger partial charge in [0.25, 0.3) is 5.91 Å². The normalized spacial score (nSPS) is 13.4. The summed E-state index contributed by atoms with van der Waals surface area (Å²) in [6, 6.07) is 0.321. The number of aryl methyl sites for hydroxylation is 1. The number of amides is 1. The van der Waals surface area contributed by atoms with E-state index in [2.05, 4.69) is 18.9 Å². The maximum atomic E-state index is 11.5. The number of hydrogen-bond donors (Lipinski definition) is 2. The van der Waals surface area contributed by atoms with Crippen molar-refractivity contribution < 1.29 is 4.79 Å². The van der Waals surface area contributed by atoms with Crippen LogP contribution in [-0.2, 0) is 12.8 Å². The highest BCUT2D eigenvalue weighted by molar-refractivity contribution is 7.20. The number of carbonyl (C=O) groups is 1. The first-order valence-electron chi connectivity index (χ1n) is 6.28. The lowest BCUT2D eigenvalue weighted by molar-refractivity contribution is 0.100. The molecule has 0 fully saturated rings. The lowest BCUT2D eigenvalue weighted by Crippen LogP contribution is -2.15. The molecule has 0 unspecified atom stereocenters. The fourth-order valence-electron chi connectivity index (χ4n) is 2.52. The number of hydrogen-bond acceptors (Lipinski definition) is 4. The molecule has 1 aliphatic carbocycles. The maximum absolute atomic E-state index is 11.5. The zero-order chi connectivity index (χ0) is 13.7. The molecule has 0 aromatic carbocycles. The molecule has 0 atom stereocenters. The lowest BCUT2D eigenvalue weighted by Gasteiger charge is -2.11. The summed E-state index contributed by atoms with van der Waals surface area (Å²) in [6.45, 7) is 4.19. The van der Waals surface area contributed by atoms with Crippen LogP contribution in [0.2, 0.25) is 0 Å². The van der Waals surface area contributed by atoms with Crippen molar-refractivity contribution in [3.05, 3.63) is 23.0 Å². The fourth-order valence-corrected chi connectivity index (χ4v) is 3.68. The van der Waals surface area contributed by atoms with Gasteiger partial charge in [-0.1, -0.05) is 0 Å². The van der Waals surface area contributed by atoms with Gasteiger partial charge in [-0.2, -0.15) is 5.10 Å². The Balaban J connectivity index is 2.19. The minimum atomic E-state index is -0.435. The predicted octanol–water partition coefficient (Wildman–Crippen LogP) is 1.97. The smallest absolute Gasteiger partial charge is 0.251 e. The molecule has 0 aliphatic heterocycles. The van der Waals surface area contributed by atoms with Gasteiger partial charge in [0.15, 0.2) is 0 Å². The van der Waals surface area contributed by atoms with Gasteiger partial charge < -0.3 is 11.5 Å². The minimum absolute atomic E-state index is 0.321. The Morgan fingerprint density at radius 3 is 2.84 bits per heavy atom. The van der Waals surface area contributed by atoms with Crippen molar-refractivity contribution in [2.24, 2.45) is 5.73 Å². The summed E-state index contributed by atoms with van der Waals surface area (Å²) in [6.07, 6.45) is 3.65. The van der Waals surface area contributed by atoms with Crippen LogP contribution in [-0.4, -0.2) is 15.7 Å². The van der Waals surface area contributed by atoms with Crippen LogP contribution in [0, 0.1) is 0 Å². The molecular weight excluding hydrogens is 260 g/mol. The van der Waals surface area contributed by atoms with Crippen molar-refractivity contribution >= 4 is 22.2 Å². The number of nitrogen functional groups attached to an aromatic ring is 1. The maximum Gasteiger partial charge on any atom is 0.251 e. The molecular formula is C13H16N4OS. The Bertz CT molecular complexity index is 668. The molecule has 3 rings (SSSR count). The van der Waals surface area contributed by atoms with Crippen LogP contribution in [0.25, 0.3) is 10.4 Å². The molecule has 4 N–H and O–H groups in total. The molecule has 6 heteroatoms. The van der Waals surface area contributed by atoms with Crippen molar-refractivity contribution in [2.75, 3.05) is 5.73 Å². The highest BCUT2D eigenvalue weighted by Gasteiger charge is 2.28. The number of rotatable bonds is 2. The number of thiophene rings is 1. The number of fused-ring (bicyclic) bond motifs is 3. The van der Waals surface area contributed by atoms with Gasteiger partial charge >= 0.3 is 0 Å². The van der Waals surface area contributed by atoms with Gasteiger partial charge in [-0.3, -0.25) is 9.48 Å². The molecule has 0 saturated carbocycles. The number of nitrogens with zero attached hydrogens (tertiary/aromatic N) is 2. The summed E-state index contributed by atoms with van der Waals surface area (Å²) in [7, 11) is 0. The van der Waals surface area contributed by atoms with Crippen LogP contribution in [0.3, 0.4) is 0 Å². The van der Waals surface area contributed by atoms with Crippen LogP contribution < -0.4 is 11.5 Å². The molecule has 1 aliphatic rings. The number of aromatic nitrogens is 2. The van der Waals surface area contributed by atoms with Gasteiger partial charge in [0.1, 0.15) is 0 Å². The van der Waals surface area contributed by atoms with Crippen molar-refractivity contribution in [3.8, 4) is 10.4 Å². The largest absolute Gasteiger partial charge is 0.390 e. The second kappa shape index (κ2) is 4.09.